The molecule has 1 nitrogen and oxygen atoms in total. The SMILES string of the molecule is CC(C)Cc1nc(C(C)(C)C)c(CS)s1. The van der Waals surface area contributed by atoms with Crippen LogP contribution in [0.5, 0.6) is 0 Å². The fourth-order valence-corrected chi connectivity index (χ4v) is 3.22. The highest BCUT2D eigenvalue weighted by atomic mass is 32.1. The number of nitrogens with zero attached hydrogens (tertiary/aromatic N) is 1. The summed E-state index contributed by atoms with van der Waals surface area (Å²) in [5.41, 5.74) is 1.38. The second-order valence-electron chi connectivity index (χ2n) is 5.39. The third kappa shape index (κ3) is 3.49. The van der Waals surface area contributed by atoms with E-state index in [0.717, 1.165) is 12.2 Å². The highest BCUT2D eigenvalue weighted by Crippen LogP contribution is 2.31. The van der Waals surface area contributed by atoms with Crippen molar-refractivity contribution in [1.29, 1.82) is 0 Å². The van der Waals surface area contributed by atoms with Gasteiger partial charge in [-0.15, -0.1) is 11.3 Å². The van der Waals surface area contributed by atoms with E-state index in [2.05, 4.69) is 47.2 Å². The van der Waals surface area contributed by atoms with Crippen molar-refractivity contribution in [1.82, 2.24) is 4.98 Å². The molecule has 1 heterocycles. The Morgan fingerprint density at radius 3 is 2.27 bits per heavy atom. The van der Waals surface area contributed by atoms with Crippen molar-refractivity contribution < 1.29 is 0 Å². The average molecular weight is 243 g/mol. The molecule has 1 rings (SSSR count). The van der Waals surface area contributed by atoms with E-state index in [9.17, 15) is 0 Å². The molecule has 0 amide bonds. The van der Waals surface area contributed by atoms with Crippen LogP contribution in [0, 0.1) is 5.92 Å². The van der Waals surface area contributed by atoms with Gasteiger partial charge in [0.1, 0.15) is 0 Å². The molecule has 0 spiro atoms. The number of thiol groups is 1. The molecule has 0 saturated carbocycles. The first-order chi connectivity index (χ1) is 6.84. The van der Waals surface area contributed by atoms with Gasteiger partial charge in [-0.25, -0.2) is 4.98 Å². The summed E-state index contributed by atoms with van der Waals surface area (Å²) >= 11 is 6.21. The highest BCUT2D eigenvalue weighted by Gasteiger charge is 2.22. The molecule has 1 aromatic heterocycles. The van der Waals surface area contributed by atoms with Gasteiger partial charge in [0.15, 0.2) is 0 Å². The van der Waals surface area contributed by atoms with Gasteiger partial charge >= 0.3 is 0 Å². The van der Waals surface area contributed by atoms with Crippen LogP contribution in [0.3, 0.4) is 0 Å². The summed E-state index contributed by atoms with van der Waals surface area (Å²) in [7, 11) is 0. The van der Waals surface area contributed by atoms with Crippen molar-refractivity contribution >= 4 is 24.0 Å². The van der Waals surface area contributed by atoms with Crippen LogP contribution >= 0.6 is 24.0 Å². The van der Waals surface area contributed by atoms with Gasteiger partial charge in [-0.3, -0.25) is 0 Å². The molecule has 3 heteroatoms. The molecule has 15 heavy (non-hydrogen) atoms. The molecule has 0 radical (unpaired) electrons. The van der Waals surface area contributed by atoms with Crippen LogP contribution < -0.4 is 0 Å². The number of rotatable bonds is 3. The monoisotopic (exact) mass is 243 g/mol. The zero-order valence-electron chi connectivity index (χ0n) is 10.3. The van der Waals surface area contributed by atoms with E-state index < -0.39 is 0 Å². The van der Waals surface area contributed by atoms with Crippen molar-refractivity contribution in [2.24, 2.45) is 5.92 Å². The van der Waals surface area contributed by atoms with Crippen LogP contribution in [0.15, 0.2) is 0 Å². The fourth-order valence-electron chi connectivity index (χ4n) is 1.53. The summed E-state index contributed by atoms with van der Waals surface area (Å²) in [6.45, 7) is 11.1. The standard InChI is InChI=1S/C12H21NS2/c1-8(2)6-10-13-11(12(3,4)5)9(7-14)15-10/h8,14H,6-7H2,1-5H3. The van der Waals surface area contributed by atoms with Crippen LogP contribution in [0.4, 0.5) is 0 Å². The first-order valence-electron chi connectivity index (χ1n) is 5.44. The molecule has 0 fully saturated rings. The quantitative estimate of drug-likeness (QED) is 0.790. The maximum Gasteiger partial charge on any atom is 0.0934 e. The smallest absolute Gasteiger partial charge is 0.0934 e. The zero-order chi connectivity index (χ0) is 11.6. The van der Waals surface area contributed by atoms with Crippen molar-refractivity contribution in [3.05, 3.63) is 15.6 Å². The summed E-state index contributed by atoms with van der Waals surface area (Å²) in [4.78, 5) is 6.10. The maximum atomic E-state index is 4.76. The van der Waals surface area contributed by atoms with Gasteiger partial charge in [-0.1, -0.05) is 34.6 Å². The predicted molar refractivity (Wildman–Crippen MR) is 72.0 cm³/mol. The minimum absolute atomic E-state index is 0.143. The van der Waals surface area contributed by atoms with Crippen molar-refractivity contribution in [2.45, 2.75) is 52.2 Å². The Hall–Kier alpha value is -0.0200. The molecule has 0 aliphatic rings. The topological polar surface area (TPSA) is 12.9 Å². The molecule has 0 bridgehead atoms. The number of hydrogen-bond donors (Lipinski definition) is 1. The van der Waals surface area contributed by atoms with Gasteiger partial charge in [0.05, 0.1) is 10.7 Å². The lowest BCUT2D eigenvalue weighted by Crippen LogP contribution is -2.13. The first kappa shape index (κ1) is 13.0. The second kappa shape index (κ2) is 4.88. The van der Waals surface area contributed by atoms with E-state index in [1.165, 1.54) is 15.6 Å². The van der Waals surface area contributed by atoms with Gasteiger partial charge in [0.2, 0.25) is 0 Å². The number of aromatic nitrogens is 1. The molecule has 86 valence electrons. The molecule has 0 aromatic carbocycles. The van der Waals surface area contributed by atoms with E-state index in [1.807, 2.05) is 11.3 Å². The lowest BCUT2D eigenvalue weighted by molar-refractivity contribution is 0.562. The summed E-state index contributed by atoms with van der Waals surface area (Å²) in [6, 6.07) is 0. The fraction of sp³-hybridized carbons (Fsp3) is 0.750. The average Bonchev–Trinajstić information content (AvgIpc) is 2.45. The van der Waals surface area contributed by atoms with Crippen LogP contribution in [0.2, 0.25) is 0 Å². The maximum absolute atomic E-state index is 4.76. The van der Waals surface area contributed by atoms with E-state index in [1.54, 1.807) is 0 Å². The van der Waals surface area contributed by atoms with Gasteiger partial charge in [0, 0.05) is 22.5 Å². The van der Waals surface area contributed by atoms with Gasteiger partial charge in [-0.2, -0.15) is 12.6 Å². The minimum Gasteiger partial charge on any atom is -0.245 e. The minimum atomic E-state index is 0.143. The van der Waals surface area contributed by atoms with Crippen molar-refractivity contribution in [3.63, 3.8) is 0 Å². The molecule has 0 unspecified atom stereocenters. The molecule has 1 aromatic rings. The Bertz CT molecular complexity index is 321. The summed E-state index contributed by atoms with van der Waals surface area (Å²) in [5, 5.41) is 1.26. The largest absolute Gasteiger partial charge is 0.245 e. The summed E-state index contributed by atoms with van der Waals surface area (Å²) in [5.74, 6) is 1.49. The predicted octanol–water partition coefficient (Wildman–Crippen LogP) is 4.07. The van der Waals surface area contributed by atoms with Crippen LogP contribution in [0.1, 0.15) is 50.2 Å². The summed E-state index contributed by atoms with van der Waals surface area (Å²) < 4.78 is 0. The molecule has 0 N–H and O–H groups in total. The van der Waals surface area contributed by atoms with Gasteiger partial charge < -0.3 is 0 Å². The Balaban J connectivity index is 3.01. The van der Waals surface area contributed by atoms with Gasteiger partial charge in [0.25, 0.3) is 0 Å². The van der Waals surface area contributed by atoms with Gasteiger partial charge in [-0.05, 0) is 5.92 Å². The van der Waals surface area contributed by atoms with Crippen molar-refractivity contribution in [2.75, 3.05) is 0 Å². The van der Waals surface area contributed by atoms with Crippen LogP contribution in [0.25, 0.3) is 0 Å². The Morgan fingerprint density at radius 1 is 1.33 bits per heavy atom. The third-order valence-corrected chi connectivity index (χ3v) is 3.79. The van der Waals surface area contributed by atoms with Crippen molar-refractivity contribution in [3.8, 4) is 0 Å². The van der Waals surface area contributed by atoms with Crippen LogP contribution in [-0.2, 0) is 17.6 Å². The lowest BCUT2D eigenvalue weighted by Gasteiger charge is -2.16. The first-order valence-corrected chi connectivity index (χ1v) is 6.89. The molecular weight excluding hydrogens is 222 g/mol. The molecular formula is C12H21NS2. The zero-order valence-corrected chi connectivity index (χ0v) is 12.0. The second-order valence-corrected chi connectivity index (χ2v) is 6.87. The summed E-state index contributed by atoms with van der Waals surface area (Å²) in [6.07, 6.45) is 1.08. The Kier molecular flexibility index (Phi) is 4.24. The van der Waals surface area contributed by atoms with E-state index in [-0.39, 0.29) is 5.41 Å². The number of thiazole rings is 1. The lowest BCUT2D eigenvalue weighted by atomic mass is 9.91. The van der Waals surface area contributed by atoms with E-state index in [4.69, 9.17) is 4.98 Å². The molecule has 0 aliphatic heterocycles. The molecule has 0 saturated heterocycles. The Morgan fingerprint density at radius 2 is 1.93 bits per heavy atom. The molecule has 0 atom stereocenters. The van der Waals surface area contributed by atoms with E-state index >= 15 is 0 Å². The Labute approximate surface area is 103 Å². The normalized spacial score (nSPS) is 12.5. The van der Waals surface area contributed by atoms with Crippen LogP contribution in [-0.4, -0.2) is 4.98 Å². The molecule has 0 aliphatic carbocycles. The van der Waals surface area contributed by atoms with E-state index in [0.29, 0.717) is 5.92 Å². The third-order valence-electron chi connectivity index (χ3n) is 2.18. The highest BCUT2D eigenvalue weighted by molar-refractivity contribution is 7.79. The number of hydrogen-bond acceptors (Lipinski definition) is 3.